The van der Waals surface area contributed by atoms with E-state index in [1.165, 1.54) is 5.56 Å². The van der Waals surface area contributed by atoms with Crippen molar-refractivity contribution in [3.05, 3.63) is 119 Å². The maximum atomic E-state index is 14.8. The van der Waals surface area contributed by atoms with Gasteiger partial charge in [0.1, 0.15) is 11.9 Å². The molecule has 1 saturated heterocycles. The van der Waals surface area contributed by atoms with Crippen LogP contribution in [0.4, 0.5) is 13.2 Å². The van der Waals surface area contributed by atoms with E-state index in [9.17, 15) is 13.2 Å². The largest absolute Gasteiger partial charge is 0.368 e. The summed E-state index contributed by atoms with van der Waals surface area (Å²) >= 11 is 0. The molecular formula is C31H27F3O. The molecule has 1 aliphatic rings. The second-order valence-corrected chi connectivity index (χ2v) is 9.10. The van der Waals surface area contributed by atoms with Crippen molar-refractivity contribution in [3.63, 3.8) is 0 Å². The molecule has 0 spiro atoms. The summed E-state index contributed by atoms with van der Waals surface area (Å²) in [6.07, 6.45) is 3.02. The summed E-state index contributed by atoms with van der Waals surface area (Å²) in [4.78, 5) is 0. The van der Waals surface area contributed by atoms with E-state index in [0.29, 0.717) is 30.6 Å². The van der Waals surface area contributed by atoms with Gasteiger partial charge in [-0.05, 0) is 58.7 Å². The van der Waals surface area contributed by atoms with Gasteiger partial charge in [0.05, 0.1) is 6.61 Å². The Morgan fingerprint density at radius 1 is 0.686 bits per heavy atom. The number of rotatable bonds is 8. The van der Waals surface area contributed by atoms with Crippen molar-refractivity contribution in [2.45, 2.75) is 38.7 Å². The Kier molecular flexibility index (Phi) is 6.74. The molecule has 0 saturated carbocycles. The molecule has 4 aromatic carbocycles. The van der Waals surface area contributed by atoms with Gasteiger partial charge in [0.15, 0.2) is 11.6 Å². The van der Waals surface area contributed by atoms with Crippen molar-refractivity contribution in [2.75, 3.05) is 6.61 Å². The van der Waals surface area contributed by atoms with Crippen LogP contribution in [0.1, 0.15) is 41.7 Å². The number of aryl methyl sites for hydroxylation is 3. The second-order valence-electron chi connectivity index (χ2n) is 9.10. The molecule has 1 unspecified atom stereocenters. The molecule has 1 heterocycles. The summed E-state index contributed by atoms with van der Waals surface area (Å²) in [5.41, 5.74) is 5.93. The lowest BCUT2D eigenvalue weighted by molar-refractivity contribution is 0.401. The first kappa shape index (κ1) is 23.4. The van der Waals surface area contributed by atoms with Gasteiger partial charge in [-0.25, -0.2) is 13.2 Å². The Balaban J connectivity index is 1.25. The summed E-state index contributed by atoms with van der Waals surface area (Å²) in [6.45, 7) is 2.58. The van der Waals surface area contributed by atoms with Crippen LogP contribution in [-0.4, -0.2) is 6.61 Å². The molecule has 4 heteroatoms. The van der Waals surface area contributed by atoms with Crippen LogP contribution >= 0.6 is 0 Å². The Morgan fingerprint density at radius 2 is 1.31 bits per heavy atom. The van der Waals surface area contributed by atoms with Gasteiger partial charge in [0.25, 0.3) is 0 Å². The lowest BCUT2D eigenvalue weighted by Gasteiger charge is -2.10. The second kappa shape index (κ2) is 10.1. The van der Waals surface area contributed by atoms with E-state index < -0.39 is 11.6 Å². The summed E-state index contributed by atoms with van der Waals surface area (Å²) in [6, 6.07) is 24.2. The number of hydrogen-bond donors (Lipinski definition) is 0. The summed E-state index contributed by atoms with van der Waals surface area (Å²) in [5.74, 6) is -1.91. The lowest BCUT2D eigenvalue weighted by Crippen LogP contribution is -1.97. The molecule has 4 aromatic rings. The molecule has 0 aromatic heterocycles. The van der Waals surface area contributed by atoms with Crippen LogP contribution in [-0.2, 0) is 24.0 Å². The SMILES string of the molecule is CCCc1ccc(-c2ccc(CCc3ccc(-c4ccc(C5CO5)c(F)c4F)cc3)c(F)c2)cc1. The quantitative estimate of drug-likeness (QED) is 0.235. The lowest BCUT2D eigenvalue weighted by atomic mass is 9.97. The van der Waals surface area contributed by atoms with Crippen LogP contribution in [0.2, 0.25) is 0 Å². The zero-order chi connectivity index (χ0) is 24.4. The fourth-order valence-electron chi connectivity index (χ4n) is 4.48. The highest BCUT2D eigenvalue weighted by Crippen LogP contribution is 2.35. The van der Waals surface area contributed by atoms with Crippen molar-refractivity contribution >= 4 is 0 Å². The van der Waals surface area contributed by atoms with E-state index in [2.05, 4.69) is 19.1 Å². The van der Waals surface area contributed by atoms with Gasteiger partial charge < -0.3 is 4.74 Å². The molecular weight excluding hydrogens is 445 g/mol. The zero-order valence-electron chi connectivity index (χ0n) is 19.7. The summed E-state index contributed by atoms with van der Waals surface area (Å²) in [7, 11) is 0. The van der Waals surface area contributed by atoms with Crippen LogP contribution in [0.15, 0.2) is 78.9 Å². The van der Waals surface area contributed by atoms with Gasteiger partial charge >= 0.3 is 0 Å². The summed E-state index contributed by atoms with van der Waals surface area (Å²) < 4.78 is 48.8. The first-order valence-electron chi connectivity index (χ1n) is 12.1. The number of ether oxygens (including phenoxy) is 1. The molecule has 5 rings (SSSR count). The van der Waals surface area contributed by atoms with Crippen molar-refractivity contribution in [1.82, 2.24) is 0 Å². The van der Waals surface area contributed by atoms with Gasteiger partial charge in [0.2, 0.25) is 0 Å². The highest BCUT2D eigenvalue weighted by Gasteiger charge is 2.30. The van der Waals surface area contributed by atoms with E-state index in [-0.39, 0.29) is 23.0 Å². The molecule has 1 nitrogen and oxygen atoms in total. The average Bonchev–Trinajstić information content (AvgIpc) is 3.71. The maximum absolute atomic E-state index is 14.8. The fraction of sp³-hybridized carbons (Fsp3) is 0.226. The van der Waals surface area contributed by atoms with Gasteiger partial charge in [-0.3, -0.25) is 0 Å². The molecule has 178 valence electrons. The minimum absolute atomic E-state index is 0.214. The molecule has 1 fully saturated rings. The van der Waals surface area contributed by atoms with E-state index in [1.807, 2.05) is 36.4 Å². The molecule has 1 aliphatic heterocycles. The smallest absolute Gasteiger partial charge is 0.167 e. The third kappa shape index (κ3) is 5.18. The first-order valence-corrected chi connectivity index (χ1v) is 12.1. The zero-order valence-corrected chi connectivity index (χ0v) is 19.7. The van der Waals surface area contributed by atoms with E-state index in [0.717, 1.165) is 29.5 Å². The number of epoxide rings is 1. The normalized spacial score (nSPS) is 14.8. The number of halogens is 3. The first-order chi connectivity index (χ1) is 17.0. The molecule has 0 amide bonds. The van der Waals surface area contributed by atoms with Crippen LogP contribution in [0, 0.1) is 17.5 Å². The number of benzene rings is 4. The highest BCUT2D eigenvalue weighted by molar-refractivity contribution is 5.66. The van der Waals surface area contributed by atoms with Crippen LogP contribution in [0.25, 0.3) is 22.3 Å². The topological polar surface area (TPSA) is 12.5 Å². The molecule has 0 aliphatic carbocycles. The predicted molar refractivity (Wildman–Crippen MR) is 134 cm³/mol. The third-order valence-electron chi connectivity index (χ3n) is 6.62. The minimum Gasteiger partial charge on any atom is -0.368 e. The Labute approximate surface area is 204 Å². The molecule has 0 N–H and O–H groups in total. The standard InChI is InChI=1S/C31H27F3O/c1-2-3-20-4-9-22(10-5-20)25-15-14-24(28(32)18-25)13-8-21-6-11-23(12-7-21)26-16-17-27(29-19-35-29)31(34)30(26)33/h4-7,9-12,14-18,29H,2-3,8,13,19H2,1H3. The maximum Gasteiger partial charge on any atom is 0.167 e. The van der Waals surface area contributed by atoms with Gasteiger partial charge in [-0.1, -0.05) is 86.1 Å². The van der Waals surface area contributed by atoms with Crippen LogP contribution < -0.4 is 0 Å². The fourth-order valence-corrected chi connectivity index (χ4v) is 4.48. The Hall–Kier alpha value is -3.37. The number of hydrogen-bond acceptors (Lipinski definition) is 1. The minimum atomic E-state index is -0.854. The van der Waals surface area contributed by atoms with Crippen molar-refractivity contribution in [2.24, 2.45) is 0 Å². The summed E-state index contributed by atoms with van der Waals surface area (Å²) in [5, 5.41) is 0. The Morgan fingerprint density at radius 3 is 1.94 bits per heavy atom. The molecule has 1 atom stereocenters. The average molecular weight is 473 g/mol. The van der Waals surface area contributed by atoms with Gasteiger partial charge in [-0.15, -0.1) is 0 Å². The van der Waals surface area contributed by atoms with E-state index >= 15 is 0 Å². The van der Waals surface area contributed by atoms with Gasteiger partial charge in [-0.2, -0.15) is 0 Å². The molecule has 0 radical (unpaired) electrons. The van der Waals surface area contributed by atoms with Crippen molar-refractivity contribution in [3.8, 4) is 22.3 Å². The monoisotopic (exact) mass is 472 g/mol. The van der Waals surface area contributed by atoms with Gasteiger partial charge in [0, 0.05) is 11.1 Å². The van der Waals surface area contributed by atoms with Crippen molar-refractivity contribution < 1.29 is 17.9 Å². The third-order valence-corrected chi connectivity index (χ3v) is 6.62. The Bertz CT molecular complexity index is 1320. The predicted octanol–water partition coefficient (Wildman–Crippen LogP) is 8.25. The van der Waals surface area contributed by atoms with Crippen LogP contribution in [0.3, 0.4) is 0 Å². The molecule has 35 heavy (non-hydrogen) atoms. The highest BCUT2D eigenvalue weighted by atomic mass is 19.2. The van der Waals surface area contributed by atoms with E-state index in [1.54, 1.807) is 30.3 Å². The van der Waals surface area contributed by atoms with Crippen LogP contribution in [0.5, 0.6) is 0 Å². The van der Waals surface area contributed by atoms with E-state index in [4.69, 9.17) is 4.74 Å². The van der Waals surface area contributed by atoms with Crippen molar-refractivity contribution in [1.29, 1.82) is 0 Å². The molecule has 0 bridgehead atoms.